The number of nitrogens with zero attached hydrogens (tertiary/aromatic N) is 1. The van der Waals surface area contributed by atoms with Crippen molar-refractivity contribution < 1.29 is 13.6 Å². The van der Waals surface area contributed by atoms with E-state index in [1.54, 1.807) is 12.1 Å². The Morgan fingerprint density at radius 3 is 2.57 bits per heavy atom. The number of halogens is 3. The monoisotopic (exact) mass is 352 g/mol. The van der Waals surface area contributed by atoms with Gasteiger partial charge in [0.05, 0.1) is 11.4 Å². The van der Waals surface area contributed by atoms with E-state index in [9.17, 15) is 13.6 Å². The lowest BCUT2D eigenvalue weighted by molar-refractivity contribution is 0.0981. The summed E-state index contributed by atoms with van der Waals surface area (Å²) in [6.07, 6.45) is 0.617. The summed E-state index contributed by atoms with van der Waals surface area (Å²) >= 11 is 2.99. The summed E-state index contributed by atoms with van der Waals surface area (Å²) in [6, 6.07) is 7.46. The Bertz CT molecular complexity index is 725. The van der Waals surface area contributed by atoms with Crippen LogP contribution in [0.15, 0.2) is 34.8 Å². The van der Waals surface area contributed by atoms with Crippen LogP contribution in [-0.2, 0) is 6.42 Å². The van der Waals surface area contributed by atoms with Gasteiger partial charge in [0.25, 0.3) is 5.91 Å². The fourth-order valence-corrected chi connectivity index (χ4v) is 2.97. The molecule has 1 aliphatic rings. The number of anilines is 2. The van der Waals surface area contributed by atoms with Crippen molar-refractivity contribution in [2.45, 2.75) is 6.42 Å². The number of para-hydroxylation sites is 1. The molecule has 3 nitrogen and oxygen atoms in total. The average molecular weight is 353 g/mol. The molecule has 1 heterocycles. The third kappa shape index (κ3) is 2.29. The van der Waals surface area contributed by atoms with Crippen LogP contribution in [0.5, 0.6) is 0 Å². The molecule has 2 aromatic carbocycles. The molecule has 0 fully saturated rings. The number of carbonyl (C=O) groups is 1. The molecule has 0 saturated carbocycles. The predicted octanol–water partition coefficient (Wildman–Crippen LogP) is 3.51. The SMILES string of the molecule is Nc1cccc2c1N(C(=O)c1c(F)cc(Br)cc1F)CC2. The van der Waals surface area contributed by atoms with Gasteiger partial charge in [-0.1, -0.05) is 28.1 Å². The highest BCUT2D eigenvalue weighted by Gasteiger charge is 2.30. The Kier molecular flexibility index (Phi) is 3.41. The van der Waals surface area contributed by atoms with E-state index in [1.165, 1.54) is 4.90 Å². The number of hydrogen-bond acceptors (Lipinski definition) is 2. The van der Waals surface area contributed by atoms with Crippen LogP contribution in [0.4, 0.5) is 20.2 Å². The van der Waals surface area contributed by atoms with Crippen molar-refractivity contribution in [2.24, 2.45) is 0 Å². The average Bonchev–Trinajstić information content (AvgIpc) is 2.82. The van der Waals surface area contributed by atoms with Crippen molar-refractivity contribution in [2.75, 3.05) is 17.2 Å². The normalized spacial score (nSPS) is 13.4. The van der Waals surface area contributed by atoms with Gasteiger partial charge in [0.1, 0.15) is 17.2 Å². The minimum atomic E-state index is -0.894. The van der Waals surface area contributed by atoms with Crippen molar-refractivity contribution in [1.29, 1.82) is 0 Å². The highest BCUT2D eigenvalue weighted by atomic mass is 79.9. The summed E-state index contributed by atoms with van der Waals surface area (Å²) in [7, 11) is 0. The second-order valence-corrected chi connectivity index (χ2v) is 5.72. The zero-order chi connectivity index (χ0) is 15.1. The topological polar surface area (TPSA) is 46.3 Å². The van der Waals surface area contributed by atoms with Crippen molar-refractivity contribution in [3.63, 3.8) is 0 Å². The van der Waals surface area contributed by atoms with Crippen LogP contribution in [-0.4, -0.2) is 12.5 Å². The third-order valence-corrected chi connectivity index (χ3v) is 3.95. The molecule has 0 bridgehead atoms. The molecular weight excluding hydrogens is 342 g/mol. The molecule has 1 aliphatic heterocycles. The fourth-order valence-electron chi connectivity index (χ4n) is 2.57. The van der Waals surface area contributed by atoms with Gasteiger partial charge in [0, 0.05) is 11.0 Å². The minimum absolute atomic E-state index is 0.246. The van der Waals surface area contributed by atoms with Gasteiger partial charge in [0.15, 0.2) is 0 Å². The lowest BCUT2D eigenvalue weighted by Gasteiger charge is -2.19. The number of benzene rings is 2. The molecule has 2 N–H and O–H groups in total. The van der Waals surface area contributed by atoms with Gasteiger partial charge in [-0.2, -0.15) is 0 Å². The van der Waals surface area contributed by atoms with E-state index in [1.807, 2.05) is 6.07 Å². The van der Waals surface area contributed by atoms with Crippen molar-refractivity contribution in [1.82, 2.24) is 0 Å². The molecule has 3 rings (SSSR count). The second-order valence-electron chi connectivity index (χ2n) is 4.81. The molecule has 0 spiro atoms. The van der Waals surface area contributed by atoms with E-state index in [0.29, 0.717) is 24.3 Å². The van der Waals surface area contributed by atoms with Crippen molar-refractivity contribution >= 4 is 33.2 Å². The number of fused-ring (bicyclic) bond motifs is 1. The summed E-state index contributed by atoms with van der Waals surface area (Å²) in [4.78, 5) is 13.8. The first-order valence-electron chi connectivity index (χ1n) is 6.33. The Morgan fingerprint density at radius 2 is 1.90 bits per heavy atom. The summed E-state index contributed by atoms with van der Waals surface area (Å²) in [5.74, 6) is -2.50. The number of nitrogen functional groups attached to an aromatic ring is 1. The molecule has 0 atom stereocenters. The quantitative estimate of drug-likeness (QED) is 0.798. The molecule has 0 radical (unpaired) electrons. The minimum Gasteiger partial charge on any atom is -0.397 e. The highest BCUT2D eigenvalue weighted by molar-refractivity contribution is 9.10. The largest absolute Gasteiger partial charge is 0.397 e. The maximum Gasteiger partial charge on any atom is 0.264 e. The Labute approximate surface area is 128 Å². The molecule has 2 aromatic rings. The Morgan fingerprint density at radius 1 is 1.24 bits per heavy atom. The first-order valence-corrected chi connectivity index (χ1v) is 7.12. The molecule has 0 aliphatic carbocycles. The van der Waals surface area contributed by atoms with Crippen LogP contribution in [0, 0.1) is 11.6 Å². The van der Waals surface area contributed by atoms with Gasteiger partial charge in [-0.15, -0.1) is 0 Å². The summed E-state index contributed by atoms with van der Waals surface area (Å²) < 4.78 is 28.1. The highest BCUT2D eigenvalue weighted by Crippen LogP contribution is 2.35. The molecular formula is C15H11BrF2N2O. The predicted molar refractivity (Wildman–Crippen MR) is 80.3 cm³/mol. The van der Waals surface area contributed by atoms with Crippen molar-refractivity contribution in [3.8, 4) is 0 Å². The number of amides is 1. The number of rotatable bonds is 1. The maximum absolute atomic E-state index is 13.9. The zero-order valence-corrected chi connectivity index (χ0v) is 12.5. The lowest BCUT2D eigenvalue weighted by atomic mass is 10.1. The second kappa shape index (κ2) is 5.11. The fraction of sp³-hybridized carbons (Fsp3) is 0.133. The van der Waals surface area contributed by atoms with Crippen LogP contribution in [0.1, 0.15) is 15.9 Å². The smallest absolute Gasteiger partial charge is 0.264 e. The summed E-state index contributed by atoms with van der Waals surface area (Å²) in [5.41, 5.74) is 7.21. The summed E-state index contributed by atoms with van der Waals surface area (Å²) in [5, 5.41) is 0. The van der Waals surface area contributed by atoms with E-state index >= 15 is 0 Å². The molecule has 6 heteroatoms. The Balaban J connectivity index is 2.07. The van der Waals surface area contributed by atoms with Crippen molar-refractivity contribution in [3.05, 3.63) is 57.6 Å². The van der Waals surface area contributed by atoms with Gasteiger partial charge >= 0.3 is 0 Å². The summed E-state index contributed by atoms with van der Waals surface area (Å²) in [6.45, 7) is 0.358. The molecule has 1 amide bonds. The maximum atomic E-state index is 13.9. The van der Waals surface area contributed by atoms with Gasteiger partial charge < -0.3 is 10.6 Å². The van der Waals surface area contributed by atoms with Gasteiger partial charge in [-0.05, 0) is 30.2 Å². The van der Waals surface area contributed by atoms with Crippen LogP contribution >= 0.6 is 15.9 Å². The number of hydrogen-bond donors (Lipinski definition) is 1. The zero-order valence-electron chi connectivity index (χ0n) is 10.9. The van der Waals surface area contributed by atoms with E-state index in [2.05, 4.69) is 15.9 Å². The van der Waals surface area contributed by atoms with E-state index in [4.69, 9.17) is 5.73 Å². The van der Waals surface area contributed by atoms with Gasteiger partial charge in [-0.3, -0.25) is 4.79 Å². The van der Waals surface area contributed by atoms with Crippen LogP contribution in [0.3, 0.4) is 0 Å². The molecule has 108 valence electrons. The number of nitrogens with two attached hydrogens (primary N) is 1. The standard InChI is InChI=1S/C15H11BrF2N2O/c16-9-6-10(17)13(11(18)7-9)15(21)20-5-4-8-2-1-3-12(19)14(8)20/h1-3,6-7H,4-5,19H2. The number of carbonyl (C=O) groups excluding carboxylic acids is 1. The molecule has 0 saturated heterocycles. The van der Waals surface area contributed by atoms with E-state index < -0.39 is 23.1 Å². The van der Waals surface area contributed by atoms with Gasteiger partial charge in [-0.25, -0.2) is 8.78 Å². The molecule has 0 aromatic heterocycles. The Hall–Kier alpha value is -1.95. The van der Waals surface area contributed by atoms with Gasteiger partial charge in [0.2, 0.25) is 0 Å². The first kappa shape index (κ1) is 14.0. The lowest BCUT2D eigenvalue weighted by Crippen LogP contribution is -2.31. The van der Waals surface area contributed by atoms with E-state index in [0.717, 1.165) is 17.7 Å². The third-order valence-electron chi connectivity index (χ3n) is 3.49. The molecule has 21 heavy (non-hydrogen) atoms. The first-order chi connectivity index (χ1) is 9.99. The van der Waals surface area contributed by atoms with Crippen LogP contribution in [0.25, 0.3) is 0 Å². The van der Waals surface area contributed by atoms with E-state index in [-0.39, 0.29) is 4.47 Å². The van der Waals surface area contributed by atoms with Crippen LogP contribution in [0.2, 0.25) is 0 Å². The molecule has 0 unspecified atom stereocenters. The van der Waals surface area contributed by atoms with Crippen LogP contribution < -0.4 is 10.6 Å².